The fourth-order valence-electron chi connectivity index (χ4n) is 2.71. The van der Waals surface area contributed by atoms with E-state index in [1.807, 2.05) is 12.1 Å². The van der Waals surface area contributed by atoms with E-state index in [2.05, 4.69) is 12.1 Å². The Labute approximate surface area is 114 Å². The molecule has 0 radical (unpaired) electrons. The van der Waals surface area contributed by atoms with Gasteiger partial charge in [0.05, 0.1) is 6.61 Å². The summed E-state index contributed by atoms with van der Waals surface area (Å²) in [5.41, 5.74) is 1.37. The van der Waals surface area contributed by atoms with Crippen molar-refractivity contribution in [2.45, 2.75) is 50.9 Å². The molecule has 104 valence electrons. The minimum atomic E-state index is -0.764. The standard InChI is InChI=1S/C16H22O3/c17-16(18)10-5-11-19-15-9-4-8-14(12-15)13-6-2-1-3-7-13/h4,8-9,12-13H,1-3,5-7,10-11H2,(H,17,18). The van der Waals surface area contributed by atoms with Crippen molar-refractivity contribution in [1.29, 1.82) is 0 Å². The quantitative estimate of drug-likeness (QED) is 0.789. The van der Waals surface area contributed by atoms with E-state index in [-0.39, 0.29) is 6.42 Å². The van der Waals surface area contributed by atoms with Gasteiger partial charge < -0.3 is 9.84 Å². The second kappa shape index (κ2) is 7.17. The van der Waals surface area contributed by atoms with Gasteiger partial charge in [-0.15, -0.1) is 0 Å². The molecule has 3 heteroatoms. The number of aliphatic carboxylic acids is 1. The SMILES string of the molecule is O=C(O)CCCOc1cccc(C2CCCCC2)c1. The Morgan fingerprint density at radius 2 is 2.05 bits per heavy atom. The molecule has 0 spiro atoms. The highest BCUT2D eigenvalue weighted by atomic mass is 16.5. The molecule has 1 aromatic rings. The van der Waals surface area contributed by atoms with E-state index >= 15 is 0 Å². The summed E-state index contributed by atoms with van der Waals surface area (Å²) in [4.78, 5) is 10.4. The topological polar surface area (TPSA) is 46.5 Å². The molecule has 0 amide bonds. The lowest BCUT2D eigenvalue weighted by atomic mass is 9.84. The summed E-state index contributed by atoms with van der Waals surface area (Å²) in [6.45, 7) is 0.473. The minimum absolute atomic E-state index is 0.169. The van der Waals surface area contributed by atoms with Crippen molar-refractivity contribution in [3.63, 3.8) is 0 Å². The molecule has 0 aromatic heterocycles. The van der Waals surface area contributed by atoms with Crippen molar-refractivity contribution < 1.29 is 14.6 Å². The van der Waals surface area contributed by atoms with Gasteiger partial charge in [0.25, 0.3) is 0 Å². The fourth-order valence-corrected chi connectivity index (χ4v) is 2.71. The molecule has 1 saturated carbocycles. The molecule has 1 N–H and O–H groups in total. The van der Waals surface area contributed by atoms with Crippen molar-refractivity contribution >= 4 is 5.97 Å². The number of benzene rings is 1. The van der Waals surface area contributed by atoms with Crippen LogP contribution in [-0.2, 0) is 4.79 Å². The fraction of sp³-hybridized carbons (Fsp3) is 0.562. The molecule has 3 nitrogen and oxygen atoms in total. The van der Waals surface area contributed by atoms with Crippen molar-refractivity contribution in [3.05, 3.63) is 29.8 Å². The molecule has 19 heavy (non-hydrogen) atoms. The number of hydrogen-bond donors (Lipinski definition) is 1. The molecule has 1 fully saturated rings. The van der Waals surface area contributed by atoms with Crippen LogP contribution in [-0.4, -0.2) is 17.7 Å². The molecule has 0 bridgehead atoms. The second-order valence-corrected chi connectivity index (χ2v) is 5.25. The van der Waals surface area contributed by atoms with Gasteiger partial charge in [-0.2, -0.15) is 0 Å². The van der Waals surface area contributed by atoms with Crippen LogP contribution in [0.25, 0.3) is 0 Å². The van der Waals surface area contributed by atoms with E-state index < -0.39 is 5.97 Å². The van der Waals surface area contributed by atoms with Gasteiger partial charge in [-0.3, -0.25) is 4.79 Å². The third-order valence-electron chi connectivity index (χ3n) is 3.74. The molecule has 1 aliphatic rings. The zero-order valence-electron chi connectivity index (χ0n) is 11.3. The van der Waals surface area contributed by atoms with Gasteiger partial charge in [0, 0.05) is 6.42 Å². The van der Waals surface area contributed by atoms with Crippen LogP contribution in [0.3, 0.4) is 0 Å². The molecule has 0 atom stereocenters. The third kappa shape index (κ3) is 4.58. The predicted octanol–water partition coefficient (Wildman–Crippen LogP) is 3.98. The first-order valence-electron chi connectivity index (χ1n) is 7.20. The molecule has 0 unspecified atom stereocenters. The maximum atomic E-state index is 10.4. The van der Waals surface area contributed by atoms with E-state index in [0.717, 1.165) is 5.75 Å². The summed E-state index contributed by atoms with van der Waals surface area (Å²) in [7, 11) is 0. The van der Waals surface area contributed by atoms with Crippen LogP contribution in [0.2, 0.25) is 0 Å². The lowest BCUT2D eigenvalue weighted by molar-refractivity contribution is -0.137. The first kappa shape index (κ1) is 13.9. The van der Waals surface area contributed by atoms with Crippen molar-refractivity contribution in [2.24, 2.45) is 0 Å². The number of carbonyl (C=O) groups is 1. The number of ether oxygens (including phenoxy) is 1. The summed E-state index contributed by atoms with van der Waals surface area (Å²) >= 11 is 0. The maximum Gasteiger partial charge on any atom is 0.303 e. The van der Waals surface area contributed by atoms with Crippen LogP contribution in [0.15, 0.2) is 24.3 Å². The van der Waals surface area contributed by atoms with Crippen LogP contribution < -0.4 is 4.74 Å². The maximum absolute atomic E-state index is 10.4. The van der Waals surface area contributed by atoms with Crippen LogP contribution in [0, 0.1) is 0 Å². The van der Waals surface area contributed by atoms with Gasteiger partial charge in [0.1, 0.15) is 5.75 Å². The van der Waals surface area contributed by atoms with Crippen LogP contribution in [0.5, 0.6) is 5.75 Å². The van der Waals surface area contributed by atoms with Gasteiger partial charge in [-0.25, -0.2) is 0 Å². The van der Waals surface area contributed by atoms with Gasteiger partial charge in [0.15, 0.2) is 0 Å². The molecule has 1 aromatic carbocycles. The normalized spacial score (nSPS) is 16.2. The van der Waals surface area contributed by atoms with Crippen LogP contribution in [0.1, 0.15) is 56.4 Å². The van der Waals surface area contributed by atoms with E-state index in [1.54, 1.807) is 0 Å². The first-order chi connectivity index (χ1) is 9.25. The van der Waals surface area contributed by atoms with E-state index in [0.29, 0.717) is 18.9 Å². The van der Waals surface area contributed by atoms with Gasteiger partial charge >= 0.3 is 5.97 Å². The van der Waals surface area contributed by atoms with Gasteiger partial charge in [-0.05, 0) is 42.9 Å². The number of hydrogen-bond acceptors (Lipinski definition) is 2. The summed E-state index contributed by atoms with van der Waals surface area (Å²) in [5, 5.41) is 8.57. The number of carboxylic acids is 1. The number of rotatable bonds is 6. The average Bonchev–Trinajstić information content (AvgIpc) is 2.45. The molecule has 2 rings (SSSR count). The summed E-state index contributed by atoms with van der Waals surface area (Å²) < 4.78 is 5.62. The average molecular weight is 262 g/mol. The molecule has 0 heterocycles. The first-order valence-corrected chi connectivity index (χ1v) is 7.20. The summed E-state index contributed by atoms with van der Waals surface area (Å²) in [5.74, 6) is 0.782. The molecular weight excluding hydrogens is 240 g/mol. The lowest BCUT2D eigenvalue weighted by Gasteiger charge is -2.22. The Hall–Kier alpha value is -1.51. The third-order valence-corrected chi connectivity index (χ3v) is 3.74. The Kier molecular flexibility index (Phi) is 5.25. The summed E-state index contributed by atoms with van der Waals surface area (Å²) in [6, 6.07) is 8.29. The van der Waals surface area contributed by atoms with Crippen molar-refractivity contribution in [1.82, 2.24) is 0 Å². The Balaban J connectivity index is 1.85. The monoisotopic (exact) mass is 262 g/mol. The largest absolute Gasteiger partial charge is 0.494 e. The summed E-state index contributed by atoms with van der Waals surface area (Å²) in [6.07, 6.45) is 7.31. The van der Waals surface area contributed by atoms with E-state index in [1.165, 1.54) is 37.7 Å². The van der Waals surface area contributed by atoms with Gasteiger partial charge in [-0.1, -0.05) is 31.4 Å². The van der Waals surface area contributed by atoms with E-state index in [9.17, 15) is 4.79 Å². The zero-order valence-corrected chi connectivity index (χ0v) is 11.3. The highest BCUT2D eigenvalue weighted by Gasteiger charge is 2.15. The zero-order chi connectivity index (χ0) is 13.5. The van der Waals surface area contributed by atoms with Crippen molar-refractivity contribution in [2.75, 3.05) is 6.61 Å². The second-order valence-electron chi connectivity index (χ2n) is 5.25. The molecule has 1 aliphatic carbocycles. The van der Waals surface area contributed by atoms with Gasteiger partial charge in [0.2, 0.25) is 0 Å². The Morgan fingerprint density at radius 1 is 1.26 bits per heavy atom. The molecular formula is C16H22O3. The van der Waals surface area contributed by atoms with Crippen molar-refractivity contribution in [3.8, 4) is 5.75 Å². The lowest BCUT2D eigenvalue weighted by Crippen LogP contribution is -2.05. The number of carboxylic acid groups (broad SMARTS) is 1. The Bertz CT molecular complexity index is 408. The Morgan fingerprint density at radius 3 is 2.79 bits per heavy atom. The van der Waals surface area contributed by atoms with Crippen LogP contribution in [0.4, 0.5) is 0 Å². The highest BCUT2D eigenvalue weighted by molar-refractivity contribution is 5.66. The van der Waals surface area contributed by atoms with Crippen LogP contribution >= 0.6 is 0 Å². The molecule has 0 aliphatic heterocycles. The minimum Gasteiger partial charge on any atom is -0.494 e. The van der Waals surface area contributed by atoms with E-state index in [4.69, 9.17) is 9.84 Å². The predicted molar refractivity (Wildman–Crippen MR) is 74.6 cm³/mol. The smallest absolute Gasteiger partial charge is 0.303 e. The highest BCUT2D eigenvalue weighted by Crippen LogP contribution is 2.33. The molecule has 0 saturated heterocycles.